The van der Waals surface area contributed by atoms with Crippen LogP contribution in [0.25, 0.3) is 11.0 Å². The number of para-hydroxylation sites is 2. The smallest absolute Gasteiger partial charge is 0.360 e. The number of carbonyl (C=O) groups is 2. The van der Waals surface area contributed by atoms with E-state index < -0.39 is 29.8 Å². The number of amides is 1. The third-order valence-electron chi connectivity index (χ3n) is 7.62. The molecular formula is C27H37N5O5. The van der Waals surface area contributed by atoms with Gasteiger partial charge in [-0.1, -0.05) is 56.3 Å². The number of likely N-dealkylation sites (tertiary alicyclic amines) is 1. The molecule has 2 aromatic rings. The summed E-state index contributed by atoms with van der Waals surface area (Å²) < 4.78 is 1.67. The van der Waals surface area contributed by atoms with E-state index in [2.05, 4.69) is 22.0 Å². The molecule has 0 unspecified atom stereocenters. The number of nitrogens with zero attached hydrogens (tertiary/aromatic N) is 4. The van der Waals surface area contributed by atoms with Gasteiger partial charge in [0, 0.05) is 25.2 Å². The van der Waals surface area contributed by atoms with Crippen LogP contribution < -0.4 is 11.3 Å². The van der Waals surface area contributed by atoms with E-state index in [-0.39, 0.29) is 11.7 Å². The molecule has 2 heterocycles. The molecule has 4 rings (SSSR count). The molecule has 2 aliphatic rings. The Hall–Kier alpha value is -3.27. The summed E-state index contributed by atoms with van der Waals surface area (Å²) in [7, 11) is 0. The van der Waals surface area contributed by atoms with Crippen molar-refractivity contribution in [3.63, 3.8) is 0 Å². The van der Waals surface area contributed by atoms with Gasteiger partial charge >= 0.3 is 5.97 Å². The number of aromatic nitrogens is 2. The quantitative estimate of drug-likeness (QED) is 0.430. The first-order valence-corrected chi connectivity index (χ1v) is 13.3. The van der Waals surface area contributed by atoms with Gasteiger partial charge in [0.15, 0.2) is 12.3 Å². The summed E-state index contributed by atoms with van der Waals surface area (Å²) in [6.07, 6.45) is 10.5. The first kappa shape index (κ1) is 26.8. The maximum atomic E-state index is 13.7. The van der Waals surface area contributed by atoms with E-state index in [9.17, 15) is 19.5 Å². The van der Waals surface area contributed by atoms with E-state index in [1.54, 1.807) is 16.7 Å². The number of rotatable bonds is 7. The third kappa shape index (κ3) is 6.54. The van der Waals surface area contributed by atoms with Gasteiger partial charge in [-0.05, 0) is 43.7 Å². The van der Waals surface area contributed by atoms with Crippen molar-refractivity contribution in [3.05, 3.63) is 40.3 Å². The number of fused-ring (bicyclic) bond motifs is 1. The Morgan fingerprint density at radius 3 is 2.49 bits per heavy atom. The highest BCUT2D eigenvalue weighted by Gasteiger charge is 2.30. The average Bonchev–Trinajstić information content (AvgIpc) is 2.98. The lowest BCUT2D eigenvalue weighted by atomic mass is 9.92. The number of oxime groups is 1. The Labute approximate surface area is 216 Å². The molecular weight excluding hydrogens is 474 g/mol. The molecule has 1 amide bonds. The Bertz CT molecular complexity index is 1200. The summed E-state index contributed by atoms with van der Waals surface area (Å²) in [5, 5.41) is 13.3. The molecule has 1 aliphatic carbocycles. The van der Waals surface area contributed by atoms with Crippen LogP contribution in [0.4, 0.5) is 0 Å². The molecule has 3 N–H and O–H groups in total. The summed E-state index contributed by atoms with van der Waals surface area (Å²) in [5.41, 5.74) is 4.71. The zero-order valence-corrected chi connectivity index (χ0v) is 21.5. The van der Waals surface area contributed by atoms with Gasteiger partial charge in [0.2, 0.25) is 5.71 Å². The number of benzene rings is 1. The molecule has 1 saturated carbocycles. The van der Waals surface area contributed by atoms with Gasteiger partial charge in [-0.25, -0.2) is 9.78 Å². The number of hydrogen-bond donors (Lipinski definition) is 2. The number of hydrogen-bond acceptors (Lipinski definition) is 7. The zero-order valence-electron chi connectivity index (χ0n) is 21.5. The molecule has 37 heavy (non-hydrogen) atoms. The Kier molecular flexibility index (Phi) is 8.91. The predicted octanol–water partition coefficient (Wildman–Crippen LogP) is 3.07. The van der Waals surface area contributed by atoms with E-state index in [0.29, 0.717) is 17.1 Å². The van der Waals surface area contributed by atoms with Gasteiger partial charge in [-0.15, -0.1) is 0 Å². The summed E-state index contributed by atoms with van der Waals surface area (Å²) in [4.78, 5) is 48.3. The molecule has 200 valence electrons. The number of piperidine rings is 1. The highest BCUT2D eigenvalue weighted by atomic mass is 16.6. The monoisotopic (exact) mass is 511 g/mol. The van der Waals surface area contributed by atoms with E-state index >= 15 is 0 Å². The SMILES string of the molecule is C[C@@H]1CCCCCC[C@@H](N2CCC(n3c(=O)c(/C(=N/OCC(N)=O)C(=O)O)nc4ccccc43)CC2)C1. The van der Waals surface area contributed by atoms with Crippen LogP contribution >= 0.6 is 0 Å². The molecule has 2 atom stereocenters. The number of carbonyl (C=O) groups excluding carboxylic acids is 1. The van der Waals surface area contributed by atoms with Crippen LogP contribution in [0.2, 0.25) is 0 Å². The fraction of sp³-hybridized carbons (Fsp3) is 0.593. The summed E-state index contributed by atoms with van der Waals surface area (Å²) in [5.74, 6) is -1.56. The normalized spacial score (nSPS) is 22.7. The molecule has 2 fully saturated rings. The Morgan fingerprint density at radius 1 is 1.08 bits per heavy atom. The van der Waals surface area contributed by atoms with Crippen LogP contribution in [0.5, 0.6) is 0 Å². The molecule has 0 bridgehead atoms. The first-order valence-electron chi connectivity index (χ1n) is 13.3. The fourth-order valence-corrected chi connectivity index (χ4v) is 5.78. The predicted molar refractivity (Wildman–Crippen MR) is 140 cm³/mol. The van der Waals surface area contributed by atoms with Crippen LogP contribution in [0.1, 0.15) is 76.4 Å². The van der Waals surface area contributed by atoms with Crippen LogP contribution in [-0.4, -0.2) is 62.9 Å². The lowest BCUT2D eigenvalue weighted by Gasteiger charge is -2.39. The van der Waals surface area contributed by atoms with E-state index in [1.165, 1.54) is 44.9 Å². The van der Waals surface area contributed by atoms with Crippen molar-refractivity contribution < 1.29 is 19.5 Å². The molecule has 1 aromatic carbocycles. The van der Waals surface area contributed by atoms with E-state index in [4.69, 9.17) is 10.6 Å². The second-order valence-corrected chi connectivity index (χ2v) is 10.4. The largest absolute Gasteiger partial charge is 0.476 e. The minimum Gasteiger partial charge on any atom is -0.476 e. The van der Waals surface area contributed by atoms with Gasteiger partial charge < -0.3 is 25.1 Å². The summed E-state index contributed by atoms with van der Waals surface area (Å²) in [6, 6.07) is 7.69. The lowest BCUT2D eigenvalue weighted by Crippen LogP contribution is -2.44. The Morgan fingerprint density at radius 2 is 1.78 bits per heavy atom. The van der Waals surface area contributed by atoms with Crippen molar-refractivity contribution in [2.45, 2.75) is 76.8 Å². The van der Waals surface area contributed by atoms with E-state index in [0.717, 1.165) is 31.8 Å². The van der Waals surface area contributed by atoms with Crippen LogP contribution in [0.3, 0.4) is 0 Å². The summed E-state index contributed by atoms with van der Waals surface area (Å²) >= 11 is 0. The van der Waals surface area contributed by atoms with Crippen LogP contribution in [0.15, 0.2) is 34.2 Å². The molecule has 1 saturated heterocycles. The van der Waals surface area contributed by atoms with Gasteiger partial charge in [-0.3, -0.25) is 9.59 Å². The molecule has 0 spiro atoms. The van der Waals surface area contributed by atoms with Gasteiger partial charge in [0.25, 0.3) is 11.5 Å². The van der Waals surface area contributed by atoms with Crippen molar-refractivity contribution >= 4 is 28.6 Å². The van der Waals surface area contributed by atoms with Crippen molar-refractivity contribution in [2.24, 2.45) is 16.8 Å². The zero-order chi connectivity index (χ0) is 26.4. The van der Waals surface area contributed by atoms with E-state index in [1.807, 2.05) is 12.1 Å². The highest BCUT2D eigenvalue weighted by Crippen LogP contribution is 2.30. The third-order valence-corrected chi connectivity index (χ3v) is 7.62. The standard InChI is InChI=1S/C27H37N5O5/c1-18-8-4-2-3-5-9-20(16-18)31-14-12-19(13-15-31)32-22-11-7-6-10-21(22)29-24(26(32)34)25(27(35)36)30-37-17-23(28)33/h6-7,10-11,18-20H,2-5,8-9,12-17H2,1H3,(H2,28,33)(H,35,36)/b30-25-/t18-,20-/m1/s1. The van der Waals surface area contributed by atoms with Crippen molar-refractivity contribution in [1.29, 1.82) is 0 Å². The average molecular weight is 512 g/mol. The topological polar surface area (TPSA) is 140 Å². The lowest BCUT2D eigenvalue weighted by molar-refractivity contribution is -0.130. The number of carboxylic acid groups (broad SMARTS) is 1. The fourth-order valence-electron chi connectivity index (χ4n) is 5.78. The molecule has 10 heteroatoms. The minimum atomic E-state index is -1.47. The minimum absolute atomic E-state index is 0.0919. The number of primary amides is 1. The number of carboxylic acids is 1. The maximum Gasteiger partial charge on any atom is 0.360 e. The second kappa shape index (κ2) is 12.3. The highest BCUT2D eigenvalue weighted by molar-refractivity contribution is 6.41. The van der Waals surface area contributed by atoms with Crippen LogP contribution in [-0.2, 0) is 14.4 Å². The molecule has 10 nitrogen and oxygen atoms in total. The molecule has 1 aliphatic heterocycles. The first-order chi connectivity index (χ1) is 17.8. The van der Waals surface area contributed by atoms with Crippen molar-refractivity contribution in [2.75, 3.05) is 19.7 Å². The summed E-state index contributed by atoms with van der Waals surface area (Å²) in [6.45, 7) is 3.55. The van der Waals surface area contributed by atoms with Crippen molar-refractivity contribution in [1.82, 2.24) is 14.5 Å². The Balaban J connectivity index is 1.62. The molecule has 0 radical (unpaired) electrons. The second-order valence-electron chi connectivity index (χ2n) is 10.4. The maximum absolute atomic E-state index is 13.7. The number of aliphatic carboxylic acids is 1. The van der Waals surface area contributed by atoms with Gasteiger partial charge in [0.1, 0.15) is 0 Å². The molecule has 1 aromatic heterocycles. The van der Waals surface area contributed by atoms with Gasteiger partial charge in [0.05, 0.1) is 11.0 Å². The van der Waals surface area contributed by atoms with Crippen molar-refractivity contribution in [3.8, 4) is 0 Å². The van der Waals surface area contributed by atoms with Gasteiger partial charge in [-0.2, -0.15) is 0 Å². The van der Waals surface area contributed by atoms with Crippen LogP contribution in [0, 0.1) is 5.92 Å². The number of nitrogens with two attached hydrogens (primary N) is 1.